The molecule has 0 saturated heterocycles. The van der Waals surface area contributed by atoms with E-state index >= 15 is 0 Å². The highest BCUT2D eigenvalue weighted by Gasteiger charge is 2.25. The van der Waals surface area contributed by atoms with Crippen LogP contribution in [0.4, 0.5) is 0 Å². The summed E-state index contributed by atoms with van der Waals surface area (Å²) in [4.78, 5) is 5.35. The van der Waals surface area contributed by atoms with Gasteiger partial charge < -0.3 is 0 Å². The van der Waals surface area contributed by atoms with Crippen LogP contribution in [0.25, 0.3) is 0 Å². The molecule has 0 aliphatic heterocycles. The average Bonchev–Trinajstić information content (AvgIpc) is 2.57. The molecule has 0 amide bonds. The molecule has 0 unspecified atom stereocenters. The van der Waals surface area contributed by atoms with Crippen LogP contribution in [-0.4, -0.2) is 42.7 Å². The summed E-state index contributed by atoms with van der Waals surface area (Å²) >= 11 is 1.45. The molecule has 0 fully saturated rings. The minimum absolute atomic E-state index is 0.132. The fourth-order valence-corrected chi connectivity index (χ4v) is 3.29. The van der Waals surface area contributed by atoms with Crippen LogP contribution >= 0.6 is 11.3 Å². The van der Waals surface area contributed by atoms with E-state index in [2.05, 4.69) is 4.98 Å². The molecular formula is C10H16N4O2S2. The molecule has 0 N–H and O–H groups in total. The van der Waals surface area contributed by atoms with Crippen molar-refractivity contribution in [3.63, 3.8) is 0 Å². The lowest BCUT2D eigenvalue weighted by molar-refractivity contribution is 0.395. The smallest absolute Gasteiger partial charge is 0.245 e. The van der Waals surface area contributed by atoms with Crippen molar-refractivity contribution in [1.29, 1.82) is 5.26 Å². The largest absolute Gasteiger partial charge is 0.282 e. The monoisotopic (exact) mass is 288 g/mol. The lowest BCUT2D eigenvalue weighted by Gasteiger charge is -2.21. The second-order valence-corrected chi connectivity index (χ2v) is 7.40. The van der Waals surface area contributed by atoms with Crippen LogP contribution in [0.2, 0.25) is 0 Å². The van der Waals surface area contributed by atoms with Gasteiger partial charge in [-0.15, -0.1) is 11.3 Å². The normalized spacial score (nSPS) is 12.1. The Morgan fingerprint density at radius 3 is 2.39 bits per heavy atom. The Kier molecular flexibility index (Phi) is 4.81. The van der Waals surface area contributed by atoms with Crippen molar-refractivity contribution in [2.75, 3.05) is 20.6 Å². The summed E-state index contributed by atoms with van der Waals surface area (Å²) in [7, 11) is -0.707. The van der Waals surface area contributed by atoms with Gasteiger partial charge in [0.05, 0.1) is 18.3 Å². The summed E-state index contributed by atoms with van der Waals surface area (Å²) in [5, 5.41) is 9.43. The van der Waals surface area contributed by atoms with E-state index in [9.17, 15) is 8.42 Å². The van der Waals surface area contributed by atoms with Gasteiger partial charge in [-0.3, -0.25) is 0 Å². The molecule has 1 aromatic heterocycles. The number of rotatable bonds is 5. The van der Waals surface area contributed by atoms with Gasteiger partial charge in [0.25, 0.3) is 10.2 Å². The SMILES string of the molecule is Cc1nc(CN(CC#N)S(=O)(=O)N(C)C)sc1C. The quantitative estimate of drug-likeness (QED) is 0.754. The minimum atomic E-state index is -3.59. The van der Waals surface area contributed by atoms with E-state index in [1.165, 1.54) is 25.4 Å². The highest BCUT2D eigenvalue weighted by molar-refractivity contribution is 7.86. The highest BCUT2D eigenvalue weighted by atomic mass is 32.2. The third-order valence-corrected chi connectivity index (χ3v) is 5.31. The van der Waals surface area contributed by atoms with Crippen LogP contribution in [0.1, 0.15) is 15.6 Å². The third kappa shape index (κ3) is 3.26. The molecule has 0 atom stereocenters. The maximum Gasteiger partial charge on any atom is 0.282 e. The van der Waals surface area contributed by atoms with Crippen molar-refractivity contribution in [3.8, 4) is 6.07 Å². The molecule has 6 nitrogen and oxygen atoms in total. The molecular weight excluding hydrogens is 272 g/mol. The van der Waals surface area contributed by atoms with Crippen LogP contribution in [0.5, 0.6) is 0 Å². The number of nitrogens with zero attached hydrogens (tertiary/aromatic N) is 4. The zero-order valence-electron chi connectivity index (χ0n) is 10.8. The number of aryl methyl sites for hydroxylation is 2. The van der Waals surface area contributed by atoms with Crippen LogP contribution in [0, 0.1) is 25.2 Å². The van der Waals surface area contributed by atoms with Crippen molar-refractivity contribution in [1.82, 2.24) is 13.6 Å². The van der Waals surface area contributed by atoms with E-state index in [-0.39, 0.29) is 13.1 Å². The Bertz CT molecular complexity index is 537. The van der Waals surface area contributed by atoms with Gasteiger partial charge in [-0.05, 0) is 13.8 Å². The number of hydrogen-bond donors (Lipinski definition) is 0. The third-order valence-electron chi connectivity index (χ3n) is 2.42. The Hall–Kier alpha value is -1.01. The number of hydrogen-bond acceptors (Lipinski definition) is 5. The van der Waals surface area contributed by atoms with E-state index < -0.39 is 10.2 Å². The number of nitriles is 1. The molecule has 1 heterocycles. The summed E-state index contributed by atoms with van der Waals surface area (Å²) in [5.41, 5.74) is 0.897. The van der Waals surface area contributed by atoms with Crippen LogP contribution in [0.3, 0.4) is 0 Å². The van der Waals surface area contributed by atoms with Gasteiger partial charge in [0, 0.05) is 19.0 Å². The standard InChI is InChI=1S/C10H16N4O2S2/c1-8-9(2)17-10(12-8)7-14(6-5-11)18(15,16)13(3)4/h6-7H2,1-4H3. The Labute approximate surface area is 112 Å². The van der Waals surface area contributed by atoms with E-state index in [0.717, 1.165) is 19.2 Å². The van der Waals surface area contributed by atoms with Gasteiger partial charge in [-0.1, -0.05) is 0 Å². The van der Waals surface area contributed by atoms with Crippen LogP contribution in [-0.2, 0) is 16.8 Å². The first-order chi connectivity index (χ1) is 8.28. The highest BCUT2D eigenvalue weighted by Crippen LogP contribution is 2.19. The molecule has 0 saturated carbocycles. The molecule has 0 aliphatic rings. The maximum atomic E-state index is 12.0. The van der Waals surface area contributed by atoms with E-state index in [4.69, 9.17) is 5.26 Å². The summed E-state index contributed by atoms with van der Waals surface area (Å²) in [6.45, 7) is 3.77. The molecule has 1 rings (SSSR count). The van der Waals surface area contributed by atoms with Gasteiger partial charge in [-0.25, -0.2) is 4.98 Å². The summed E-state index contributed by atoms with van der Waals surface area (Å²) < 4.78 is 26.2. The van der Waals surface area contributed by atoms with Gasteiger partial charge in [0.15, 0.2) is 0 Å². The molecule has 8 heteroatoms. The van der Waals surface area contributed by atoms with Crippen LogP contribution < -0.4 is 0 Å². The Morgan fingerprint density at radius 2 is 2.00 bits per heavy atom. The second-order valence-electron chi connectivity index (χ2n) is 3.97. The van der Waals surface area contributed by atoms with E-state index in [0.29, 0.717) is 5.01 Å². The Morgan fingerprint density at radius 1 is 1.39 bits per heavy atom. The first-order valence-electron chi connectivity index (χ1n) is 5.26. The fourth-order valence-electron chi connectivity index (χ4n) is 1.29. The van der Waals surface area contributed by atoms with E-state index in [1.54, 1.807) is 0 Å². The van der Waals surface area contributed by atoms with Gasteiger partial charge in [0.1, 0.15) is 11.6 Å². The summed E-state index contributed by atoms with van der Waals surface area (Å²) in [6.07, 6.45) is 0. The molecule has 1 aromatic rings. The minimum Gasteiger partial charge on any atom is -0.245 e. The lowest BCUT2D eigenvalue weighted by Crippen LogP contribution is -2.39. The van der Waals surface area contributed by atoms with Crippen molar-refractivity contribution in [2.24, 2.45) is 0 Å². The van der Waals surface area contributed by atoms with Crippen molar-refractivity contribution in [2.45, 2.75) is 20.4 Å². The van der Waals surface area contributed by atoms with Crippen molar-refractivity contribution < 1.29 is 8.42 Å². The summed E-state index contributed by atoms with van der Waals surface area (Å²) in [5.74, 6) is 0. The molecule has 0 radical (unpaired) electrons. The van der Waals surface area contributed by atoms with Gasteiger partial charge >= 0.3 is 0 Å². The zero-order chi connectivity index (χ0) is 13.9. The second kappa shape index (κ2) is 5.75. The van der Waals surface area contributed by atoms with E-state index in [1.807, 2.05) is 19.9 Å². The predicted octanol–water partition coefficient (Wildman–Crippen LogP) is 0.892. The average molecular weight is 288 g/mol. The van der Waals surface area contributed by atoms with Crippen LogP contribution in [0.15, 0.2) is 0 Å². The lowest BCUT2D eigenvalue weighted by atomic mass is 10.4. The molecule has 0 aliphatic carbocycles. The first-order valence-corrected chi connectivity index (χ1v) is 7.47. The number of aromatic nitrogens is 1. The topological polar surface area (TPSA) is 77.3 Å². The molecule has 100 valence electrons. The zero-order valence-corrected chi connectivity index (χ0v) is 12.5. The van der Waals surface area contributed by atoms with Gasteiger partial charge in [-0.2, -0.15) is 22.3 Å². The predicted molar refractivity (Wildman–Crippen MR) is 70.2 cm³/mol. The Balaban J connectivity index is 2.98. The van der Waals surface area contributed by atoms with Crippen molar-refractivity contribution >= 4 is 21.5 Å². The van der Waals surface area contributed by atoms with Crippen molar-refractivity contribution in [3.05, 3.63) is 15.6 Å². The molecule has 0 spiro atoms. The van der Waals surface area contributed by atoms with Gasteiger partial charge in [0.2, 0.25) is 0 Å². The number of thiazole rings is 1. The molecule has 18 heavy (non-hydrogen) atoms. The fraction of sp³-hybridized carbons (Fsp3) is 0.600. The molecule has 0 bridgehead atoms. The molecule has 0 aromatic carbocycles. The maximum absolute atomic E-state index is 12.0. The summed E-state index contributed by atoms with van der Waals surface area (Å²) in [6, 6.07) is 1.87. The first kappa shape index (κ1) is 15.0.